The van der Waals surface area contributed by atoms with E-state index in [1.54, 1.807) is 23.1 Å². The SMILES string of the molecule is CC(C)(C)SCC(=O)NCCc1ccc(Cl)s1. The van der Waals surface area contributed by atoms with E-state index in [4.69, 9.17) is 11.6 Å². The summed E-state index contributed by atoms with van der Waals surface area (Å²) in [7, 11) is 0. The van der Waals surface area contributed by atoms with Gasteiger partial charge in [-0.05, 0) is 18.6 Å². The monoisotopic (exact) mass is 291 g/mol. The van der Waals surface area contributed by atoms with Gasteiger partial charge in [0.2, 0.25) is 5.91 Å². The molecule has 0 aliphatic carbocycles. The molecular weight excluding hydrogens is 274 g/mol. The van der Waals surface area contributed by atoms with Crippen molar-refractivity contribution >= 4 is 40.6 Å². The van der Waals surface area contributed by atoms with Crippen molar-refractivity contribution in [1.82, 2.24) is 5.32 Å². The Morgan fingerprint density at radius 3 is 2.71 bits per heavy atom. The molecule has 0 fully saturated rings. The van der Waals surface area contributed by atoms with Crippen molar-refractivity contribution < 1.29 is 4.79 Å². The zero-order valence-electron chi connectivity index (χ0n) is 10.4. The summed E-state index contributed by atoms with van der Waals surface area (Å²) >= 11 is 9.06. The van der Waals surface area contributed by atoms with E-state index in [-0.39, 0.29) is 10.7 Å². The van der Waals surface area contributed by atoms with E-state index in [0.717, 1.165) is 10.8 Å². The van der Waals surface area contributed by atoms with Gasteiger partial charge in [-0.1, -0.05) is 32.4 Å². The van der Waals surface area contributed by atoms with Crippen LogP contribution in [0.4, 0.5) is 0 Å². The van der Waals surface area contributed by atoms with E-state index in [0.29, 0.717) is 12.3 Å². The molecule has 1 aromatic rings. The number of rotatable bonds is 5. The second-order valence-corrected chi connectivity index (χ2v) is 8.31. The molecule has 1 heterocycles. The number of nitrogens with one attached hydrogen (secondary N) is 1. The van der Waals surface area contributed by atoms with Crippen molar-refractivity contribution in [3.63, 3.8) is 0 Å². The lowest BCUT2D eigenvalue weighted by Gasteiger charge is -2.16. The van der Waals surface area contributed by atoms with Gasteiger partial charge in [-0.25, -0.2) is 0 Å². The number of hydrogen-bond donors (Lipinski definition) is 1. The first-order valence-corrected chi connectivity index (χ1v) is 7.70. The molecule has 0 spiro atoms. The topological polar surface area (TPSA) is 29.1 Å². The number of thiophene rings is 1. The van der Waals surface area contributed by atoms with Gasteiger partial charge in [0, 0.05) is 16.2 Å². The number of carbonyl (C=O) groups excluding carboxylic acids is 1. The summed E-state index contributed by atoms with van der Waals surface area (Å²) in [6.07, 6.45) is 0.851. The Kier molecular flexibility index (Phi) is 5.83. The maximum Gasteiger partial charge on any atom is 0.230 e. The molecule has 0 saturated carbocycles. The average molecular weight is 292 g/mol. The van der Waals surface area contributed by atoms with Gasteiger partial charge in [-0.2, -0.15) is 0 Å². The Hall–Kier alpha value is -0.190. The third-order valence-corrected chi connectivity index (χ3v) is 4.52. The Balaban J connectivity index is 2.16. The normalized spacial score (nSPS) is 11.5. The van der Waals surface area contributed by atoms with Crippen molar-refractivity contribution in [1.29, 1.82) is 0 Å². The van der Waals surface area contributed by atoms with Crippen LogP contribution in [0.5, 0.6) is 0 Å². The molecule has 1 amide bonds. The second-order valence-electron chi connectivity index (χ2n) is 4.71. The Bertz CT molecular complexity index is 371. The molecule has 96 valence electrons. The first-order valence-electron chi connectivity index (χ1n) is 5.52. The molecule has 2 nitrogen and oxygen atoms in total. The quantitative estimate of drug-likeness (QED) is 0.898. The lowest BCUT2D eigenvalue weighted by molar-refractivity contribution is -0.118. The predicted molar refractivity (Wildman–Crippen MR) is 78.3 cm³/mol. The Morgan fingerprint density at radius 1 is 1.47 bits per heavy atom. The minimum Gasteiger partial charge on any atom is -0.355 e. The van der Waals surface area contributed by atoms with Crippen molar-refractivity contribution in [2.24, 2.45) is 0 Å². The van der Waals surface area contributed by atoms with Crippen LogP contribution in [0.25, 0.3) is 0 Å². The zero-order valence-corrected chi connectivity index (χ0v) is 12.8. The van der Waals surface area contributed by atoms with Crippen LogP contribution in [0.2, 0.25) is 4.34 Å². The van der Waals surface area contributed by atoms with E-state index in [9.17, 15) is 4.79 Å². The van der Waals surface area contributed by atoms with Crippen LogP contribution >= 0.6 is 34.7 Å². The van der Waals surface area contributed by atoms with Crippen LogP contribution in [0, 0.1) is 0 Å². The first kappa shape index (κ1) is 14.9. The molecule has 0 aromatic carbocycles. The standard InChI is InChI=1S/C12H18ClNOS2/c1-12(2,3)16-8-11(15)14-7-6-9-4-5-10(13)17-9/h4-5H,6-8H2,1-3H3,(H,14,15). The van der Waals surface area contributed by atoms with Gasteiger partial charge >= 0.3 is 0 Å². The summed E-state index contributed by atoms with van der Waals surface area (Å²) in [6, 6.07) is 3.89. The molecule has 1 N–H and O–H groups in total. The van der Waals surface area contributed by atoms with Gasteiger partial charge in [0.15, 0.2) is 0 Å². The van der Waals surface area contributed by atoms with Gasteiger partial charge in [0.1, 0.15) is 0 Å². The number of thioether (sulfide) groups is 1. The molecule has 0 unspecified atom stereocenters. The summed E-state index contributed by atoms with van der Waals surface area (Å²) in [5.41, 5.74) is 0. The van der Waals surface area contributed by atoms with Crippen LogP contribution in [0.15, 0.2) is 12.1 Å². The van der Waals surface area contributed by atoms with E-state index in [1.807, 2.05) is 12.1 Å². The van der Waals surface area contributed by atoms with Crippen LogP contribution in [0.1, 0.15) is 25.6 Å². The summed E-state index contributed by atoms with van der Waals surface area (Å²) in [4.78, 5) is 12.7. The molecule has 5 heteroatoms. The van der Waals surface area contributed by atoms with E-state index >= 15 is 0 Å². The summed E-state index contributed by atoms with van der Waals surface area (Å²) in [6.45, 7) is 7.01. The second kappa shape index (κ2) is 6.66. The maximum absolute atomic E-state index is 11.5. The van der Waals surface area contributed by atoms with Crippen molar-refractivity contribution in [2.45, 2.75) is 31.9 Å². The highest BCUT2D eigenvalue weighted by Gasteiger charge is 2.12. The highest BCUT2D eigenvalue weighted by Crippen LogP contribution is 2.23. The maximum atomic E-state index is 11.5. The van der Waals surface area contributed by atoms with Crippen LogP contribution in [-0.2, 0) is 11.2 Å². The molecular formula is C12H18ClNOS2. The van der Waals surface area contributed by atoms with Crippen LogP contribution in [0.3, 0.4) is 0 Å². The van der Waals surface area contributed by atoms with Gasteiger partial charge < -0.3 is 5.32 Å². The number of carbonyl (C=O) groups is 1. The van der Waals surface area contributed by atoms with E-state index in [2.05, 4.69) is 26.1 Å². The molecule has 0 aliphatic rings. The van der Waals surface area contributed by atoms with Crippen molar-refractivity contribution in [3.8, 4) is 0 Å². The summed E-state index contributed by atoms with van der Waals surface area (Å²) in [5, 5.41) is 2.92. The van der Waals surface area contributed by atoms with Crippen LogP contribution < -0.4 is 5.32 Å². The molecule has 1 rings (SSSR count). The molecule has 0 bridgehead atoms. The zero-order chi connectivity index (χ0) is 12.9. The lowest BCUT2D eigenvalue weighted by atomic mass is 10.3. The van der Waals surface area contributed by atoms with Gasteiger partial charge in [-0.3, -0.25) is 4.79 Å². The minimum atomic E-state index is 0.104. The Morgan fingerprint density at radius 2 is 2.18 bits per heavy atom. The fourth-order valence-corrected chi connectivity index (χ4v) is 2.90. The van der Waals surface area contributed by atoms with E-state index in [1.165, 1.54) is 4.88 Å². The minimum absolute atomic E-state index is 0.104. The largest absolute Gasteiger partial charge is 0.355 e. The average Bonchev–Trinajstić information content (AvgIpc) is 2.60. The predicted octanol–water partition coefficient (Wildman–Crippen LogP) is 3.59. The highest BCUT2D eigenvalue weighted by atomic mass is 35.5. The van der Waals surface area contributed by atoms with Crippen molar-refractivity contribution in [3.05, 3.63) is 21.3 Å². The third kappa shape index (κ3) is 6.96. The van der Waals surface area contributed by atoms with Gasteiger partial charge in [0.05, 0.1) is 10.1 Å². The molecule has 1 aromatic heterocycles. The first-order chi connectivity index (χ1) is 7.87. The fraction of sp³-hybridized carbons (Fsp3) is 0.583. The molecule has 17 heavy (non-hydrogen) atoms. The van der Waals surface area contributed by atoms with Gasteiger partial charge in [-0.15, -0.1) is 23.1 Å². The van der Waals surface area contributed by atoms with Crippen molar-refractivity contribution in [2.75, 3.05) is 12.3 Å². The van der Waals surface area contributed by atoms with E-state index < -0.39 is 0 Å². The van der Waals surface area contributed by atoms with Crippen LogP contribution in [-0.4, -0.2) is 23.0 Å². The fourth-order valence-electron chi connectivity index (χ4n) is 1.14. The number of amides is 1. The molecule has 0 saturated heterocycles. The van der Waals surface area contributed by atoms with Gasteiger partial charge in [0.25, 0.3) is 0 Å². The lowest BCUT2D eigenvalue weighted by Crippen LogP contribution is -2.28. The smallest absolute Gasteiger partial charge is 0.230 e. The molecule has 0 aliphatic heterocycles. The highest BCUT2D eigenvalue weighted by molar-refractivity contribution is 8.01. The number of hydrogen-bond acceptors (Lipinski definition) is 3. The molecule has 0 radical (unpaired) electrons. The summed E-state index contributed by atoms with van der Waals surface area (Å²) in [5.74, 6) is 0.627. The molecule has 0 atom stereocenters. The summed E-state index contributed by atoms with van der Waals surface area (Å²) < 4.78 is 0.938. The Labute approximate surface area is 116 Å². The number of halogens is 1. The third-order valence-electron chi connectivity index (χ3n) is 1.96.